The largest absolute Gasteiger partial charge is 0.396 e. The number of anilines is 1. The van der Waals surface area contributed by atoms with Crippen LogP contribution in [0.25, 0.3) is 20.9 Å². The maximum absolute atomic E-state index is 12.4. The number of rotatable bonds is 3. The number of aromatic nitrogens is 2. The number of nitrogens with two attached hydrogens (primary N) is 1. The van der Waals surface area contributed by atoms with Gasteiger partial charge in [0.2, 0.25) is 0 Å². The molecule has 0 bridgehead atoms. The van der Waals surface area contributed by atoms with Gasteiger partial charge in [-0.05, 0) is 38.3 Å². The van der Waals surface area contributed by atoms with E-state index in [2.05, 4.69) is 60.1 Å². The van der Waals surface area contributed by atoms with Crippen LogP contribution in [-0.2, 0) is 10.8 Å². The van der Waals surface area contributed by atoms with Crippen molar-refractivity contribution in [2.24, 2.45) is 0 Å². The third-order valence-electron chi connectivity index (χ3n) is 3.34. The Balaban J connectivity index is 0.000000767. The number of nitrogens with zero attached hydrogens (tertiary/aromatic N) is 2. The van der Waals surface area contributed by atoms with Crippen molar-refractivity contribution in [1.82, 2.24) is 9.97 Å². The lowest BCUT2D eigenvalue weighted by molar-refractivity contribution is 0.678. The van der Waals surface area contributed by atoms with Crippen LogP contribution in [0, 0.1) is 12.3 Å². The van der Waals surface area contributed by atoms with Crippen molar-refractivity contribution in [2.75, 3.05) is 5.73 Å². The van der Waals surface area contributed by atoms with Crippen LogP contribution >= 0.6 is 22.7 Å². The maximum atomic E-state index is 12.4. The van der Waals surface area contributed by atoms with Crippen LogP contribution in [0.3, 0.4) is 0 Å². The van der Waals surface area contributed by atoms with Crippen LogP contribution in [-0.4, -0.2) is 25.3 Å². The van der Waals surface area contributed by atoms with Gasteiger partial charge in [-0.1, -0.05) is 31.0 Å². The summed E-state index contributed by atoms with van der Waals surface area (Å²) in [6.45, 7) is 21.3. The zero-order chi connectivity index (χ0) is 24.0. The summed E-state index contributed by atoms with van der Waals surface area (Å²) in [7, 11) is -1.09. The van der Waals surface area contributed by atoms with Crippen molar-refractivity contribution in [3.05, 3.63) is 73.3 Å². The van der Waals surface area contributed by atoms with Crippen LogP contribution < -0.4 is 5.73 Å². The molecule has 0 amide bonds. The minimum Gasteiger partial charge on any atom is -0.396 e. The highest BCUT2D eigenvalue weighted by atomic mass is 32.2. The summed E-state index contributed by atoms with van der Waals surface area (Å²) in [6.07, 6.45) is 1.77. The molecule has 0 spiro atoms. The number of fused-ring (bicyclic) bond motifs is 1. The Morgan fingerprint density at radius 2 is 1.77 bits per heavy atom. The lowest BCUT2D eigenvalue weighted by Gasteiger charge is -2.04. The topological polar surface area (TPSA) is 92.7 Å². The average Bonchev–Trinajstić information content (AvgIpc) is 3.43. The molecule has 8 heteroatoms. The number of thiophene rings is 1. The molecule has 31 heavy (non-hydrogen) atoms. The molecule has 0 radical (unpaired) electrons. The van der Waals surface area contributed by atoms with Crippen LogP contribution in [0.2, 0.25) is 0 Å². The van der Waals surface area contributed by atoms with Crippen LogP contribution in [0.4, 0.5) is 5.69 Å². The van der Waals surface area contributed by atoms with E-state index in [0.717, 1.165) is 30.7 Å². The van der Waals surface area contributed by atoms with Gasteiger partial charge in [0, 0.05) is 28.1 Å². The normalized spacial score (nSPS) is 9.81. The smallest absolute Gasteiger partial charge is 0.141 e. The minimum absolute atomic E-state index is 0.0408. The Morgan fingerprint density at radius 1 is 1.19 bits per heavy atom. The van der Waals surface area contributed by atoms with Gasteiger partial charge in [-0.25, -0.2) is 9.97 Å². The number of nitrogens with one attached hydrogen (secondary N) is 1. The number of hydrogen-bond donors (Lipinski definition) is 2. The Hall–Kier alpha value is -3.04. The second kappa shape index (κ2) is 14.9. The molecule has 1 unspecified atom stereocenters. The zero-order valence-electron chi connectivity index (χ0n) is 17.9. The summed E-state index contributed by atoms with van der Waals surface area (Å²) < 4.78 is 13.1. The van der Waals surface area contributed by atoms with Gasteiger partial charge in [0.15, 0.2) is 0 Å². The van der Waals surface area contributed by atoms with E-state index in [4.69, 9.17) is 11.1 Å². The SMILES string of the molecule is C=C.C=C=C=C.C=C=C=N.Cc1cc(-c2nccs2)nc2sc(S(=O)C(C)C)c(N)c12. The minimum atomic E-state index is -1.09. The molecule has 3 aromatic rings. The highest BCUT2D eigenvalue weighted by molar-refractivity contribution is 7.88. The van der Waals surface area contributed by atoms with E-state index in [-0.39, 0.29) is 5.25 Å². The van der Waals surface area contributed by atoms with E-state index < -0.39 is 10.8 Å². The van der Waals surface area contributed by atoms with E-state index in [1.165, 1.54) is 11.3 Å². The number of nitrogen functional groups attached to an aromatic ring is 1. The molecule has 0 aliphatic carbocycles. The Morgan fingerprint density at radius 3 is 2.19 bits per heavy atom. The molecule has 0 saturated heterocycles. The quantitative estimate of drug-likeness (QED) is 0.266. The molecule has 0 aliphatic heterocycles. The molecule has 162 valence electrons. The maximum Gasteiger partial charge on any atom is 0.141 e. The van der Waals surface area contributed by atoms with Gasteiger partial charge >= 0.3 is 0 Å². The first-order valence-corrected chi connectivity index (χ1v) is 11.7. The number of thiazole rings is 1. The molecule has 3 N–H and O–H groups in total. The monoisotopic (exact) mass is 470 g/mol. The number of aryl methyl sites for hydroxylation is 1. The summed E-state index contributed by atoms with van der Waals surface area (Å²) in [5.74, 6) is 1.82. The lowest BCUT2D eigenvalue weighted by atomic mass is 10.1. The predicted octanol–water partition coefficient (Wildman–Crippen LogP) is 6.32. The summed E-state index contributed by atoms with van der Waals surface area (Å²) in [6, 6.07) is 1.99. The molecule has 3 aromatic heterocycles. The molecule has 0 aromatic carbocycles. The Labute approximate surface area is 194 Å². The van der Waals surface area contributed by atoms with Crippen LogP contribution in [0.15, 0.2) is 71.9 Å². The van der Waals surface area contributed by atoms with Crippen molar-refractivity contribution in [1.29, 1.82) is 5.41 Å². The molecule has 0 saturated carbocycles. The van der Waals surface area contributed by atoms with Crippen molar-refractivity contribution in [2.45, 2.75) is 30.2 Å². The molecule has 3 rings (SSSR count). The highest BCUT2D eigenvalue weighted by Gasteiger charge is 2.20. The van der Waals surface area contributed by atoms with Gasteiger partial charge in [0.1, 0.15) is 19.7 Å². The summed E-state index contributed by atoms with van der Waals surface area (Å²) >= 11 is 2.98. The number of pyridine rings is 1. The Bertz CT molecular complexity index is 1110. The predicted molar refractivity (Wildman–Crippen MR) is 138 cm³/mol. The van der Waals surface area contributed by atoms with Crippen LogP contribution in [0.5, 0.6) is 0 Å². The summed E-state index contributed by atoms with van der Waals surface area (Å²) in [5, 5.41) is 9.81. The molecule has 0 aliphatic rings. The molecular weight excluding hydrogens is 444 g/mol. The zero-order valence-corrected chi connectivity index (χ0v) is 20.4. The third kappa shape index (κ3) is 7.95. The second-order valence-electron chi connectivity index (χ2n) is 5.65. The van der Waals surface area contributed by atoms with E-state index in [1.807, 2.05) is 38.1 Å². The summed E-state index contributed by atoms with van der Waals surface area (Å²) in [5.41, 5.74) is 15.4. The number of hydrogen-bond acceptors (Lipinski definition) is 7. The van der Waals surface area contributed by atoms with Gasteiger partial charge in [-0.2, -0.15) is 0 Å². The van der Waals surface area contributed by atoms with Crippen molar-refractivity contribution >= 4 is 55.2 Å². The molecule has 0 fully saturated rings. The fourth-order valence-electron chi connectivity index (χ4n) is 2.11. The van der Waals surface area contributed by atoms with Crippen molar-refractivity contribution in [3.8, 4) is 10.7 Å². The lowest BCUT2D eigenvalue weighted by Crippen LogP contribution is -2.05. The van der Waals surface area contributed by atoms with Gasteiger partial charge in [0.25, 0.3) is 0 Å². The first-order chi connectivity index (χ1) is 14.8. The van der Waals surface area contributed by atoms with Gasteiger partial charge in [-0.3, -0.25) is 9.62 Å². The second-order valence-corrected chi connectivity index (χ2v) is 9.74. The average molecular weight is 471 g/mol. The summed E-state index contributed by atoms with van der Waals surface area (Å²) in [4.78, 5) is 9.79. The van der Waals surface area contributed by atoms with Crippen molar-refractivity contribution in [3.63, 3.8) is 0 Å². The fraction of sp³-hybridized carbons (Fsp3) is 0.174. The van der Waals surface area contributed by atoms with Gasteiger partial charge in [-0.15, -0.1) is 35.8 Å². The molecule has 3 heterocycles. The molecule has 5 nitrogen and oxygen atoms in total. The first kappa shape index (κ1) is 28.0. The first-order valence-electron chi connectivity index (χ1n) is 8.80. The molecular formula is C23H26N4OS3. The van der Waals surface area contributed by atoms with Crippen molar-refractivity contribution < 1.29 is 4.21 Å². The highest BCUT2D eigenvalue weighted by Crippen LogP contribution is 2.39. The van der Waals surface area contributed by atoms with E-state index >= 15 is 0 Å². The van der Waals surface area contributed by atoms with Gasteiger partial charge < -0.3 is 5.73 Å². The fourth-order valence-corrected chi connectivity index (χ4v) is 5.50. The van der Waals surface area contributed by atoms with Gasteiger partial charge in [0.05, 0.1) is 16.5 Å². The van der Waals surface area contributed by atoms with E-state index in [0.29, 0.717) is 5.69 Å². The molecule has 1 atom stereocenters. The Kier molecular flexibility index (Phi) is 13.4. The van der Waals surface area contributed by atoms with Crippen LogP contribution in [0.1, 0.15) is 19.4 Å². The third-order valence-corrected chi connectivity index (χ3v) is 7.21. The standard InChI is InChI=1S/C14H15N3OS3.C4H4.C3H3N.C2H4/c1-7(2)21(18)14-11(15)10-8(3)6-9(17-13(10)20-14)12-16-4-5-19-12;1-3-4-2;1-2-3-4;1-2/h4-7H,15H2,1-3H3;1-2H2;4H,1H2;1-2H2. The van der Waals surface area contributed by atoms with E-state index in [9.17, 15) is 4.21 Å². The van der Waals surface area contributed by atoms with E-state index in [1.54, 1.807) is 17.5 Å².